The number of aliphatic hydroxyl groups is 1. The Labute approximate surface area is 156 Å². The van der Waals surface area contributed by atoms with Crippen LogP contribution in [0.1, 0.15) is 13.8 Å². The van der Waals surface area contributed by atoms with E-state index in [0.717, 1.165) is 5.65 Å². The Hall–Kier alpha value is -2.93. The van der Waals surface area contributed by atoms with Crippen molar-refractivity contribution in [1.29, 1.82) is 0 Å². The number of hydrogen-bond acceptors (Lipinski definition) is 3. The van der Waals surface area contributed by atoms with E-state index >= 15 is 0 Å². The first-order valence-corrected chi connectivity index (χ1v) is 9.02. The standard InChI is InChI=1S/C20H21N3O4/c1-12-14(6-5-9-22-11-10-21-8-4-3-7-15(21)22)18(20(26)27)23-17(12)16(13(2)24)19(23)25/h3-8,10-13,16-17,24H,9H2,1-2H3/p+1/b6-5+/t12-,13+,16+,17+/m0/s1. The molecule has 1 fully saturated rings. The Balaban J connectivity index is 1.61. The Morgan fingerprint density at radius 3 is 2.85 bits per heavy atom. The summed E-state index contributed by atoms with van der Waals surface area (Å²) in [5.74, 6) is -2.09. The van der Waals surface area contributed by atoms with E-state index in [2.05, 4.69) is 4.57 Å². The molecule has 0 aromatic carbocycles. The molecule has 7 nitrogen and oxygen atoms in total. The number of amides is 1. The number of carboxylic acid groups (broad SMARTS) is 1. The number of carbonyl (C=O) groups is 2. The Morgan fingerprint density at radius 2 is 2.15 bits per heavy atom. The summed E-state index contributed by atoms with van der Waals surface area (Å²) in [6.45, 7) is 4.08. The van der Waals surface area contributed by atoms with Gasteiger partial charge in [0.05, 0.1) is 24.3 Å². The van der Waals surface area contributed by atoms with Crippen molar-refractivity contribution in [3.8, 4) is 0 Å². The monoisotopic (exact) mass is 368 g/mol. The molecule has 2 aliphatic heterocycles. The number of aliphatic hydroxyl groups excluding tert-OH is 1. The summed E-state index contributed by atoms with van der Waals surface area (Å²) >= 11 is 0. The fraction of sp³-hybridized carbons (Fsp3) is 0.350. The summed E-state index contributed by atoms with van der Waals surface area (Å²) in [7, 11) is 0. The van der Waals surface area contributed by atoms with E-state index in [1.54, 1.807) is 13.0 Å². The van der Waals surface area contributed by atoms with Crippen molar-refractivity contribution < 1.29 is 24.4 Å². The van der Waals surface area contributed by atoms with Crippen LogP contribution in [-0.4, -0.2) is 43.5 Å². The third kappa shape index (κ3) is 2.57. The van der Waals surface area contributed by atoms with E-state index in [4.69, 9.17) is 0 Å². The number of fused-ring (bicyclic) bond motifs is 2. The predicted octanol–water partition coefficient (Wildman–Crippen LogP) is 0.979. The van der Waals surface area contributed by atoms with Crippen LogP contribution in [-0.2, 0) is 16.1 Å². The first-order valence-electron chi connectivity index (χ1n) is 9.02. The van der Waals surface area contributed by atoms with Crippen LogP contribution >= 0.6 is 0 Å². The van der Waals surface area contributed by atoms with E-state index in [0.29, 0.717) is 12.1 Å². The van der Waals surface area contributed by atoms with Crippen LogP contribution in [0.25, 0.3) is 5.65 Å². The van der Waals surface area contributed by atoms with Crippen molar-refractivity contribution in [1.82, 2.24) is 9.30 Å². The molecule has 7 heteroatoms. The molecule has 0 bridgehead atoms. The van der Waals surface area contributed by atoms with Gasteiger partial charge in [0.25, 0.3) is 5.65 Å². The van der Waals surface area contributed by atoms with Crippen LogP contribution in [0, 0.1) is 11.8 Å². The largest absolute Gasteiger partial charge is 0.477 e. The first-order chi connectivity index (χ1) is 12.9. The van der Waals surface area contributed by atoms with Crippen LogP contribution in [0.3, 0.4) is 0 Å². The highest BCUT2D eigenvalue weighted by Crippen LogP contribution is 2.47. The number of β-lactam (4-membered cyclic amide) rings is 1. The third-order valence-electron chi connectivity index (χ3n) is 5.60. The number of aliphatic carboxylic acids is 1. The number of allylic oxidation sites excluding steroid dienone is 2. The van der Waals surface area contributed by atoms with Gasteiger partial charge < -0.3 is 15.1 Å². The molecule has 140 valence electrons. The molecule has 2 aromatic rings. The molecule has 0 saturated carbocycles. The van der Waals surface area contributed by atoms with E-state index in [1.807, 2.05) is 54.2 Å². The number of carboxylic acids is 1. The summed E-state index contributed by atoms with van der Waals surface area (Å²) in [5, 5.41) is 19.5. The van der Waals surface area contributed by atoms with Gasteiger partial charge in [-0.15, -0.1) is 0 Å². The molecule has 1 saturated heterocycles. The zero-order valence-corrected chi connectivity index (χ0v) is 15.2. The fourth-order valence-corrected chi connectivity index (χ4v) is 4.31. The highest BCUT2D eigenvalue weighted by molar-refractivity contribution is 6.00. The zero-order chi connectivity index (χ0) is 19.3. The minimum atomic E-state index is -1.11. The molecular weight excluding hydrogens is 346 g/mol. The number of imidazole rings is 1. The fourth-order valence-electron chi connectivity index (χ4n) is 4.31. The minimum absolute atomic E-state index is 0.0392. The molecule has 0 spiro atoms. The van der Waals surface area contributed by atoms with Crippen molar-refractivity contribution in [2.45, 2.75) is 32.5 Å². The quantitative estimate of drug-likeness (QED) is 0.609. The van der Waals surface area contributed by atoms with Crippen LogP contribution in [0.15, 0.2) is 60.2 Å². The maximum Gasteiger partial charge on any atom is 0.352 e. The van der Waals surface area contributed by atoms with Gasteiger partial charge in [-0.3, -0.25) is 4.79 Å². The average molecular weight is 368 g/mol. The third-order valence-corrected chi connectivity index (χ3v) is 5.60. The number of hydrogen-bond donors (Lipinski definition) is 2. The number of nitrogens with zero attached hydrogens (tertiary/aromatic N) is 3. The number of rotatable bonds is 5. The van der Waals surface area contributed by atoms with Gasteiger partial charge in [0.1, 0.15) is 24.6 Å². The number of carbonyl (C=O) groups excluding carboxylic acids is 1. The normalized spacial score (nSPS) is 26.0. The Morgan fingerprint density at radius 1 is 1.37 bits per heavy atom. The summed E-state index contributed by atoms with van der Waals surface area (Å²) < 4.78 is 4.06. The molecule has 1 amide bonds. The molecule has 2 aromatic heterocycles. The summed E-state index contributed by atoms with van der Waals surface area (Å²) in [6, 6.07) is 5.64. The second kappa shape index (κ2) is 6.35. The minimum Gasteiger partial charge on any atom is -0.477 e. The lowest BCUT2D eigenvalue weighted by Gasteiger charge is -2.46. The van der Waals surface area contributed by atoms with E-state index in [1.165, 1.54) is 4.90 Å². The molecule has 4 heterocycles. The molecule has 4 rings (SSSR count). The Bertz CT molecular complexity index is 988. The lowest BCUT2D eigenvalue weighted by Crippen LogP contribution is -2.63. The summed E-state index contributed by atoms with van der Waals surface area (Å²) in [6.07, 6.45) is 8.81. The van der Waals surface area contributed by atoms with Crippen LogP contribution in [0.4, 0.5) is 0 Å². The number of aromatic nitrogens is 2. The number of pyridine rings is 1. The van der Waals surface area contributed by atoms with Crippen molar-refractivity contribution in [3.63, 3.8) is 0 Å². The highest BCUT2D eigenvalue weighted by Gasteiger charge is 2.59. The summed E-state index contributed by atoms with van der Waals surface area (Å²) in [4.78, 5) is 25.5. The van der Waals surface area contributed by atoms with Gasteiger partial charge in [0, 0.05) is 12.0 Å². The molecule has 4 atom stereocenters. The van der Waals surface area contributed by atoms with Crippen molar-refractivity contribution in [2.75, 3.05) is 0 Å². The van der Waals surface area contributed by atoms with Crippen LogP contribution in [0.2, 0.25) is 0 Å². The van der Waals surface area contributed by atoms with Gasteiger partial charge in [-0.1, -0.05) is 19.1 Å². The predicted molar refractivity (Wildman–Crippen MR) is 96.4 cm³/mol. The van der Waals surface area contributed by atoms with Gasteiger partial charge >= 0.3 is 5.97 Å². The van der Waals surface area contributed by atoms with Gasteiger partial charge in [0.15, 0.2) is 0 Å². The van der Waals surface area contributed by atoms with Gasteiger partial charge in [0.2, 0.25) is 5.91 Å². The van der Waals surface area contributed by atoms with Crippen molar-refractivity contribution >= 4 is 17.5 Å². The topological polar surface area (TPSA) is 86.1 Å². The Kier molecular flexibility index (Phi) is 4.11. The zero-order valence-electron chi connectivity index (χ0n) is 15.2. The molecule has 0 radical (unpaired) electrons. The van der Waals surface area contributed by atoms with Crippen LogP contribution in [0.5, 0.6) is 0 Å². The molecule has 2 N–H and O–H groups in total. The molecule has 0 aliphatic carbocycles. The van der Waals surface area contributed by atoms with Crippen molar-refractivity contribution in [3.05, 3.63) is 60.2 Å². The second-order valence-electron chi connectivity index (χ2n) is 7.18. The highest BCUT2D eigenvalue weighted by atomic mass is 16.4. The summed E-state index contributed by atoms with van der Waals surface area (Å²) in [5.41, 5.74) is 1.70. The van der Waals surface area contributed by atoms with Gasteiger partial charge in [-0.25, -0.2) is 13.8 Å². The SMILES string of the molecule is C[C@@H](O)[C@H]1C(=O)N2C(C(=O)O)=C(/C=C/C[n+]3ccn4ccccc43)[C@H](C)[C@H]12. The molecule has 0 unspecified atom stereocenters. The van der Waals surface area contributed by atoms with E-state index < -0.39 is 18.0 Å². The lowest BCUT2D eigenvalue weighted by atomic mass is 9.78. The smallest absolute Gasteiger partial charge is 0.352 e. The van der Waals surface area contributed by atoms with Crippen molar-refractivity contribution in [2.24, 2.45) is 11.8 Å². The molecule has 2 aliphatic rings. The van der Waals surface area contributed by atoms with Gasteiger partial charge in [-0.2, -0.15) is 0 Å². The maximum absolute atomic E-state index is 12.3. The molecule has 27 heavy (non-hydrogen) atoms. The second-order valence-corrected chi connectivity index (χ2v) is 7.18. The maximum atomic E-state index is 12.3. The molecular formula is C20H22N3O4+. The van der Waals surface area contributed by atoms with Crippen LogP contribution < -0.4 is 4.57 Å². The lowest BCUT2D eigenvalue weighted by molar-refractivity contribution is -0.660. The average Bonchev–Trinajstić information content (AvgIpc) is 3.13. The van der Waals surface area contributed by atoms with E-state index in [9.17, 15) is 19.8 Å². The van der Waals surface area contributed by atoms with E-state index in [-0.39, 0.29) is 23.6 Å². The first kappa shape index (κ1) is 17.5. The van der Waals surface area contributed by atoms with Gasteiger partial charge in [-0.05, 0) is 24.6 Å².